The molecule has 1 saturated carbocycles. The lowest BCUT2D eigenvalue weighted by Crippen LogP contribution is -2.15. The minimum absolute atomic E-state index is 0.0339. The fourth-order valence-corrected chi connectivity index (χ4v) is 3.62. The lowest BCUT2D eigenvalue weighted by atomic mass is 9.90. The van der Waals surface area contributed by atoms with Crippen LogP contribution in [0.25, 0.3) is 0 Å². The maximum Gasteiger partial charge on any atom is 0.224 e. The Bertz CT molecular complexity index is 828. The van der Waals surface area contributed by atoms with Crippen molar-refractivity contribution in [2.75, 3.05) is 5.32 Å². The molecule has 1 N–H and O–H groups in total. The van der Waals surface area contributed by atoms with Crippen molar-refractivity contribution in [2.24, 2.45) is 5.41 Å². The Morgan fingerprint density at radius 2 is 1.82 bits per heavy atom. The second-order valence-corrected chi connectivity index (χ2v) is 9.41. The summed E-state index contributed by atoms with van der Waals surface area (Å²) in [6.07, 6.45) is 6.74. The fraction of sp³-hybridized carbons (Fsp3) is 0.609. The lowest BCUT2D eigenvalue weighted by Gasteiger charge is -2.17. The average molecular weight is 383 g/mol. The standard InChI is InChI=1S/C23H34N4O/c1-16-8-11-19(17(2)15-16)24-22(28)13-12-21-26-25-20(27(21)18-9-10-18)7-6-14-23(3,4)5/h8,11,15,18H,6-7,9-10,12-14H2,1-5H3,(H,24,28). The highest BCUT2D eigenvalue weighted by Gasteiger charge is 2.29. The number of hydrogen-bond acceptors (Lipinski definition) is 3. The van der Waals surface area contributed by atoms with Gasteiger partial charge in [-0.1, -0.05) is 38.5 Å². The van der Waals surface area contributed by atoms with Crippen molar-refractivity contribution in [2.45, 2.75) is 85.6 Å². The molecule has 3 rings (SSSR count). The number of aryl methyl sites for hydroxylation is 4. The van der Waals surface area contributed by atoms with E-state index in [2.05, 4.69) is 53.8 Å². The molecular formula is C23H34N4O. The van der Waals surface area contributed by atoms with Crippen LogP contribution in [0.15, 0.2) is 18.2 Å². The number of benzene rings is 1. The van der Waals surface area contributed by atoms with Crippen LogP contribution < -0.4 is 5.32 Å². The molecule has 1 aliphatic rings. The molecule has 1 aromatic heterocycles. The summed E-state index contributed by atoms with van der Waals surface area (Å²) in [6, 6.07) is 6.62. The molecule has 1 amide bonds. The molecule has 1 aliphatic carbocycles. The third-order valence-corrected chi connectivity index (χ3v) is 5.31. The minimum atomic E-state index is 0.0339. The number of carbonyl (C=O) groups excluding carboxylic acids is 1. The normalized spacial score (nSPS) is 14.3. The maximum atomic E-state index is 12.4. The van der Waals surface area contributed by atoms with Gasteiger partial charge in [-0.2, -0.15) is 0 Å². The molecule has 28 heavy (non-hydrogen) atoms. The summed E-state index contributed by atoms with van der Waals surface area (Å²) in [5.74, 6) is 2.09. The van der Waals surface area contributed by atoms with Crippen molar-refractivity contribution >= 4 is 11.6 Å². The largest absolute Gasteiger partial charge is 0.326 e. The third kappa shape index (κ3) is 5.66. The topological polar surface area (TPSA) is 59.8 Å². The van der Waals surface area contributed by atoms with Crippen LogP contribution in [0.1, 0.15) is 81.7 Å². The molecule has 0 saturated heterocycles. The number of carbonyl (C=O) groups is 1. The average Bonchev–Trinajstić information content (AvgIpc) is 3.36. The Kier molecular flexibility index (Phi) is 6.21. The summed E-state index contributed by atoms with van der Waals surface area (Å²) in [5.41, 5.74) is 3.53. The van der Waals surface area contributed by atoms with Gasteiger partial charge in [-0.3, -0.25) is 4.79 Å². The Morgan fingerprint density at radius 1 is 1.14 bits per heavy atom. The highest BCUT2D eigenvalue weighted by Crippen LogP contribution is 2.37. The molecule has 152 valence electrons. The van der Waals surface area contributed by atoms with Crippen LogP contribution in [0.4, 0.5) is 5.69 Å². The first-order chi connectivity index (χ1) is 13.2. The van der Waals surface area contributed by atoms with Gasteiger partial charge in [0.15, 0.2) is 0 Å². The molecule has 1 fully saturated rings. The second-order valence-electron chi connectivity index (χ2n) is 9.41. The summed E-state index contributed by atoms with van der Waals surface area (Å²) >= 11 is 0. The summed E-state index contributed by atoms with van der Waals surface area (Å²) in [5, 5.41) is 11.9. The summed E-state index contributed by atoms with van der Waals surface area (Å²) < 4.78 is 2.31. The highest BCUT2D eigenvalue weighted by molar-refractivity contribution is 5.91. The Morgan fingerprint density at radius 3 is 2.43 bits per heavy atom. The van der Waals surface area contributed by atoms with Gasteiger partial charge < -0.3 is 9.88 Å². The molecule has 5 nitrogen and oxygen atoms in total. The zero-order valence-corrected chi connectivity index (χ0v) is 18.0. The highest BCUT2D eigenvalue weighted by atomic mass is 16.1. The molecule has 1 aromatic carbocycles. The number of anilines is 1. The van der Waals surface area contributed by atoms with E-state index in [0.717, 1.165) is 35.7 Å². The van der Waals surface area contributed by atoms with Crippen LogP contribution in [0.2, 0.25) is 0 Å². The van der Waals surface area contributed by atoms with Gasteiger partial charge >= 0.3 is 0 Å². The Balaban J connectivity index is 1.58. The van der Waals surface area contributed by atoms with Crippen molar-refractivity contribution < 1.29 is 4.79 Å². The van der Waals surface area contributed by atoms with E-state index in [4.69, 9.17) is 0 Å². The van der Waals surface area contributed by atoms with Crippen molar-refractivity contribution in [1.82, 2.24) is 14.8 Å². The SMILES string of the molecule is Cc1ccc(NC(=O)CCc2nnc(CCCC(C)(C)C)n2C2CC2)c(C)c1. The maximum absolute atomic E-state index is 12.4. The number of nitrogens with one attached hydrogen (secondary N) is 1. The predicted octanol–water partition coefficient (Wildman–Crippen LogP) is 5.17. The van der Waals surface area contributed by atoms with Crippen LogP contribution in [-0.2, 0) is 17.6 Å². The second kappa shape index (κ2) is 8.46. The number of nitrogens with zero attached hydrogens (tertiary/aromatic N) is 3. The summed E-state index contributed by atoms with van der Waals surface area (Å²) in [6.45, 7) is 10.9. The molecule has 0 unspecified atom stereocenters. The summed E-state index contributed by atoms with van der Waals surface area (Å²) in [4.78, 5) is 12.4. The molecule has 5 heteroatoms. The first-order valence-corrected chi connectivity index (χ1v) is 10.5. The number of hydrogen-bond donors (Lipinski definition) is 1. The lowest BCUT2D eigenvalue weighted by molar-refractivity contribution is -0.116. The third-order valence-electron chi connectivity index (χ3n) is 5.31. The van der Waals surface area contributed by atoms with E-state index in [9.17, 15) is 4.79 Å². The number of rotatable bonds is 8. The van der Waals surface area contributed by atoms with Gasteiger partial charge in [-0.15, -0.1) is 10.2 Å². The van der Waals surface area contributed by atoms with Gasteiger partial charge in [0, 0.05) is 31.0 Å². The first kappa shape index (κ1) is 20.6. The molecular weight excluding hydrogens is 348 g/mol. The van der Waals surface area contributed by atoms with E-state index >= 15 is 0 Å². The Labute approximate surface area is 168 Å². The molecule has 0 bridgehead atoms. The van der Waals surface area contributed by atoms with E-state index in [1.165, 1.54) is 24.8 Å². The molecule has 0 atom stereocenters. The van der Waals surface area contributed by atoms with E-state index in [0.29, 0.717) is 24.3 Å². The van der Waals surface area contributed by atoms with Gasteiger partial charge in [0.2, 0.25) is 5.91 Å². The minimum Gasteiger partial charge on any atom is -0.326 e. The number of aromatic nitrogens is 3. The zero-order chi connectivity index (χ0) is 20.3. The van der Waals surface area contributed by atoms with Crippen molar-refractivity contribution in [1.29, 1.82) is 0 Å². The van der Waals surface area contributed by atoms with Gasteiger partial charge in [0.1, 0.15) is 11.6 Å². The van der Waals surface area contributed by atoms with E-state index in [1.54, 1.807) is 0 Å². The van der Waals surface area contributed by atoms with Crippen LogP contribution in [0.3, 0.4) is 0 Å². The molecule has 2 aromatic rings. The van der Waals surface area contributed by atoms with Crippen molar-refractivity contribution in [3.05, 3.63) is 41.0 Å². The molecule has 0 radical (unpaired) electrons. The monoisotopic (exact) mass is 382 g/mol. The van der Waals surface area contributed by atoms with Gasteiger partial charge in [0.05, 0.1) is 0 Å². The summed E-state index contributed by atoms with van der Waals surface area (Å²) in [7, 11) is 0. The van der Waals surface area contributed by atoms with Crippen molar-refractivity contribution in [3.8, 4) is 0 Å². The fourth-order valence-electron chi connectivity index (χ4n) is 3.62. The Hall–Kier alpha value is -2.17. The van der Waals surface area contributed by atoms with E-state index in [1.807, 2.05) is 19.1 Å². The first-order valence-electron chi connectivity index (χ1n) is 10.5. The van der Waals surface area contributed by atoms with E-state index in [-0.39, 0.29) is 5.91 Å². The van der Waals surface area contributed by atoms with Crippen LogP contribution in [0, 0.1) is 19.3 Å². The van der Waals surface area contributed by atoms with Crippen LogP contribution in [-0.4, -0.2) is 20.7 Å². The number of amides is 1. The van der Waals surface area contributed by atoms with Crippen molar-refractivity contribution in [3.63, 3.8) is 0 Å². The van der Waals surface area contributed by atoms with Gasteiger partial charge in [-0.25, -0.2) is 0 Å². The quantitative estimate of drug-likeness (QED) is 0.685. The molecule has 0 spiro atoms. The predicted molar refractivity (Wildman–Crippen MR) is 114 cm³/mol. The zero-order valence-electron chi connectivity index (χ0n) is 18.0. The molecule has 1 heterocycles. The molecule has 0 aliphatic heterocycles. The van der Waals surface area contributed by atoms with Gasteiger partial charge in [0.25, 0.3) is 0 Å². The van der Waals surface area contributed by atoms with Crippen LogP contribution >= 0.6 is 0 Å². The van der Waals surface area contributed by atoms with Gasteiger partial charge in [-0.05, 0) is 56.6 Å². The smallest absolute Gasteiger partial charge is 0.224 e. The van der Waals surface area contributed by atoms with E-state index < -0.39 is 0 Å². The van der Waals surface area contributed by atoms with Crippen LogP contribution in [0.5, 0.6) is 0 Å².